The van der Waals surface area contributed by atoms with E-state index in [1.54, 1.807) is 13.8 Å². The zero-order chi connectivity index (χ0) is 25.0. The van der Waals surface area contributed by atoms with Gasteiger partial charge in [0.1, 0.15) is 17.9 Å². The molecule has 12 heteroatoms. The van der Waals surface area contributed by atoms with Gasteiger partial charge < -0.3 is 24.8 Å². The summed E-state index contributed by atoms with van der Waals surface area (Å²) in [5, 5.41) is 23.1. The normalized spacial score (nSPS) is 19.2. The number of hydrogen-bond donors (Lipinski definition) is 2. The molecule has 3 rings (SSSR count). The van der Waals surface area contributed by atoms with Gasteiger partial charge in [-0.2, -0.15) is 0 Å². The molecule has 0 spiro atoms. The lowest BCUT2D eigenvalue weighted by atomic mass is 9.77. The Bertz CT molecular complexity index is 1010. The molecule has 2 N–H and O–H groups in total. The van der Waals surface area contributed by atoms with Gasteiger partial charge in [0.2, 0.25) is 5.91 Å². The molecule has 11 nitrogen and oxygen atoms in total. The smallest absolute Gasteiger partial charge is 0.477 e. The van der Waals surface area contributed by atoms with E-state index in [-0.39, 0.29) is 35.9 Å². The lowest BCUT2D eigenvalue weighted by molar-refractivity contribution is -0.384. The number of nitro benzene ring substituents is 1. The van der Waals surface area contributed by atoms with Gasteiger partial charge in [-0.25, -0.2) is 9.59 Å². The highest BCUT2D eigenvalue weighted by Crippen LogP contribution is 2.49. The molecule has 2 atom stereocenters. The van der Waals surface area contributed by atoms with Gasteiger partial charge in [0, 0.05) is 61.2 Å². The van der Waals surface area contributed by atoms with Crippen molar-refractivity contribution in [1.82, 2.24) is 10.2 Å². The SMILES string of the molecule is CC(=O)NCCSC1=C(C(=O)O)N2C[C@@H](C(C)(C)OC(=O)OCc3ccc([N+](=O)[O-])cc3)[C@H]2C1. The van der Waals surface area contributed by atoms with Gasteiger partial charge in [0.25, 0.3) is 5.69 Å². The first-order chi connectivity index (χ1) is 16.0. The van der Waals surface area contributed by atoms with Crippen LogP contribution in [0.1, 0.15) is 32.8 Å². The van der Waals surface area contributed by atoms with Crippen molar-refractivity contribution in [3.63, 3.8) is 0 Å². The summed E-state index contributed by atoms with van der Waals surface area (Å²) < 4.78 is 10.7. The Balaban J connectivity index is 1.53. The lowest BCUT2D eigenvalue weighted by Crippen LogP contribution is -2.62. The second-order valence-corrected chi connectivity index (χ2v) is 9.80. The largest absolute Gasteiger partial charge is 0.509 e. The van der Waals surface area contributed by atoms with Crippen LogP contribution >= 0.6 is 11.8 Å². The predicted molar refractivity (Wildman–Crippen MR) is 123 cm³/mol. The number of non-ortho nitro benzene ring substituents is 1. The lowest BCUT2D eigenvalue weighted by Gasteiger charge is -2.51. The first kappa shape index (κ1) is 25.3. The number of nitrogens with zero attached hydrogens (tertiary/aromatic N) is 2. The average Bonchev–Trinajstić information content (AvgIpc) is 3.00. The van der Waals surface area contributed by atoms with E-state index < -0.39 is 22.6 Å². The molecule has 1 aromatic rings. The standard InChI is InChI=1S/C22H27N3O8S/c1-13(26)23-8-9-34-18-10-17-16(11-24(17)19(18)20(27)28)22(2,3)33-21(29)32-12-14-4-6-15(7-5-14)25(30)31/h4-7,16-17H,8-12H2,1-3H3,(H,23,26)(H,27,28)/t16-,17-/m1/s1. The number of nitrogens with one attached hydrogen (secondary N) is 1. The third-order valence-electron chi connectivity index (χ3n) is 5.90. The Labute approximate surface area is 200 Å². The topological polar surface area (TPSA) is 148 Å². The summed E-state index contributed by atoms with van der Waals surface area (Å²) in [6, 6.07) is 5.56. The molecule has 1 amide bonds. The van der Waals surface area contributed by atoms with Gasteiger partial charge in [-0.05, 0) is 31.5 Å². The molecule has 2 heterocycles. The quantitative estimate of drug-likeness (QED) is 0.216. The van der Waals surface area contributed by atoms with Crippen LogP contribution in [0.25, 0.3) is 0 Å². The maximum atomic E-state index is 12.3. The summed E-state index contributed by atoms with van der Waals surface area (Å²) in [6.07, 6.45) is -0.335. The summed E-state index contributed by atoms with van der Waals surface area (Å²) in [5.41, 5.74) is -0.0958. The Morgan fingerprint density at radius 2 is 1.97 bits per heavy atom. The predicted octanol–water partition coefficient (Wildman–Crippen LogP) is 2.90. The second-order valence-electron chi connectivity index (χ2n) is 8.61. The maximum Gasteiger partial charge on any atom is 0.509 e. The van der Waals surface area contributed by atoms with Gasteiger partial charge in [-0.1, -0.05) is 0 Å². The van der Waals surface area contributed by atoms with Crippen molar-refractivity contribution in [2.45, 2.75) is 45.4 Å². The fourth-order valence-electron chi connectivity index (χ4n) is 4.13. The number of rotatable bonds is 10. The third-order valence-corrected chi connectivity index (χ3v) is 7.02. The zero-order valence-corrected chi connectivity index (χ0v) is 19.9. The molecule has 0 radical (unpaired) electrons. The molecule has 0 aromatic heterocycles. The first-order valence-corrected chi connectivity index (χ1v) is 11.7. The molecule has 1 fully saturated rings. The summed E-state index contributed by atoms with van der Waals surface area (Å²) in [4.78, 5) is 47.9. The summed E-state index contributed by atoms with van der Waals surface area (Å²) in [7, 11) is 0. The Morgan fingerprint density at radius 3 is 2.56 bits per heavy atom. The molecule has 184 valence electrons. The van der Waals surface area contributed by atoms with E-state index in [2.05, 4.69) is 5.32 Å². The number of aliphatic carboxylic acids is 1. The number of nitro groups is 1. The molecule has 0 saturated carbocycles. The minimum Gasteiger partial charge on any atom is -0.477 e. The second kappa shape index (κ2) is 10.3. The van der Waals surface area contributed by atoms with Crippen molar-refractivity contribution in [1.29, 1.82) is 0 Å². The highest BCUT2D eigenvalue weighted by atomic mass is 32.2. The third kappa shape index (κ3) is 5.79. The maximum absolute atomic E-state index is 12.3. The monoisotopic (exact) mass is 493 g/mol. The van der Waals surface area contributed by atoms with E-state index in [1.165, 1.54) is 43.0 Å². The zero-order valence-electron chi connectivity index (χ0n) is 19.1. The fourth-order valence-corrected chi connectivity index (χ4v) is 5.21. The number of fused-ring (bicyclic) bond motifs is 1. The molecule has 2 aliphatic rings. The number of ether oxygens (including phenoxy) is 2. The van der Waals surface area contributed by atoms with Gasteiger partial charge in [-0.3, -0.25) is 14.9 Å². The highest BCUT2D eigenvalue weighted by Gasteiger charge is 2.55. The summed E-state index contributed by atoms with van der Waals surface area (Å²) >= 11 is 1.41. The number of carboxylic acids is 1. The van der Waals surface area contributed by atoms with Crippen LogP contribution in [0.4, 0.5) is 10.5 Å². The number of hydrogen-bond acceptors (Lipinski definition) is 9. The van der Waals surface area contributed by atoms with Crippen LogP contribution in [0.5, 0.6) is 0 Å². The van der Waals surface area contributed by atoms with Gasteiger partial charge >= 0.3 is 12.1 Å². The molecular weight excluding hydrogens is 466 g/mol. The van der Waals surface area contributed by atoms with Crippen molar-refractivity contribution in [3.05, 3.63) is 50.5 Å². The van der Waals surface area contributed by atoms with Crippen LogP contribution in [-0.4, -0.2) is 63.4 Å². The molecule has 2 aliphatic heterocycles. The van der Waals surface area contributed by atoms with Crippen molar-refractivity contribution in [2.75, 3.05) is 18.8 Å². The van der Waals surface area contributed by atoms with E-state index >= 15 is 0 Å². The summed E-state index contributed by atoms with van der Waals surface area (Å²) in [6.45, 7) is 5.75. The average molecular weight is 494 g/mol. The molecule has 1 saturated heterocycles. The van der Waals surface area contributed by atoms with E-state index in [1.807, 2.05) is 4.90 Å². The first-order valence-electron chi connectivity index (χ1n) is 10.7. The number of thioether (sulfide) groups is 1. The molecule has 0 unspecified atom stereocenters. The number of amides is 1. The van der Waals surface area contributed by atoms with Crippen LogP contribution in [0.3, 0.4) is 0 Å². The number of carboxylic acid groups (broad SMARTS) is 1. The number of carbonyl (C=O) groups excluding carboxylic acids is 2. The van der Waals surface area contributed by atoms with Crippen molar-refractivity contribution < 1.29 is 33.9 Å². The Kier molecular flexibility index (Phi) is 7.70. The van der Waals surface area contributed by atoms with Crippen molar-refractivity contribution >= 4 is 35.5 Å². The van der Waals surface area contributed by atoms with E-state index in [9.17, 15) is 29.6 Å². The van der Waals surface area contributed by atoms with Gasteiger partial charge in [-0.15, -0.1) is 11.8 Å². The van der Waals surface area contributed by atoms with Crippen molar-refractivity contribution in [3.8, 4) is 0 Å². The van der Waals surface area contributed by atoms with E-state index in [4.69, 9.17) is 9.47 Å². The van der Waals surface area contributed by atoms with E-state index in [0.29, 0.717) is 30.8 Å². The van der Waals surface area contributed by atoms with Crippen LogP contribution < -0.4 is 5.32 Å². The van der Waals surface area contributed by atoms with Crippen LogP contribution in [-0.2, 0) is 25.7 Å². The minimum atomic E-state index is -0.996. The summed E-state index contributed by atoms with van der Waals surface area (Å²) in [5.74, 6) is -0.666. The molecular formula is C22H27N3O8S. The number of carbonyl (C=O) groups is 3. The van der Waals surface area contributed by atoms with Crippen LogP contribution in [0.2, 0.25) is 0 Å². The molecule has 34 heavy (non-hydrogen) atoms. The molecule has 1 aromatic carbocycles. The van der Waals surface area contributed by atoms with Gasteiger partial charge in [0.05, 0.1) is 4.92 Å². The van der Waals surface area contributed by atoms with E-state index in [0.717, 1.165) is 4.91 Å². The highest BCUT2D eigenvalue weighted by molar-refractivity contribution is 8.03. The van der Waals surface area contributed by atoms with Gasteiger partial charge in [0.15, 0.2) is 0 Å². The molecule has 0 aliphatic carbocycles. The van der Waals surface area contributed by atoms with Crippen LogP contribution in [0, 0.1) is 16.0 Å². The van der Waals surface area contributed by atoms with Crippen LogP contribution in [0.15, 0.2) is 34.9 Å². The Morgan fingerprint density at radius 1 is 1.29 bits per heavy atom. The fraction of sp³-hybridized carbons (Fsp3) is 0.500. The van der Waals surface area contributed by atoms with Crippen molar-refractivity contribution in [2.24, 2.45) is 5.92 Å². The number of benzene rings is 1. The minimum absolute atomic E-state index is 0.0550. The Hall–Kier alpha value is -3.28. The molecule has 0 bridgehead atoms.